The minimum absolute atomic E-state index is 0.0542. The minimum Gasteiger partial charge on any atom is -0.494 e. The number of amides is 1. The van der Waals surface area contributed by atoms with Crippen LogP contribution in [0, 0.1) is 0 Å². The van der Waals surface area contributed by atoms with Gasteiger partial charge in [0.1, 0.15) is 5.75 Å². The zero-order valence-electron chi connectivity index (χ0n) is 18.1. The number of unbranched alkanes of at least 4 members (excludes halogenated alkanes) is 1. The highest BCUT2D eigenvalue weighted by molar-refractivity contribution is 7.20. The Kier molecular flexibility index (Phi) is 7.69. The summed E-state index contributed by atoms with van der Waals surface area (Å²) in [7, 11) is 0. The van der Waals surface area contributed by atoms with Gasteiger partial charge in [-0.25, -0.2) is 4.98 Å². The van der Waals surface area contributed by atoms with Crippen LogP contribution in [0.2, 0.25) is 0 Å². The summed E-state index contributed by atoms with van der Waals surface area (Å²) in [5.74, 6) is 0.831. The Bertz CT molecular complexity index is 909. The molecule has 0 aliphatic rings. The molecule has 0 aliphatic carbocycles. The quantitative estimate of drug-likeness (QED) is 0.385. The lowest BCUT2D eigenvalue weighted by Crippen LogP contribution is -2.42. The van der Waals surface area contributed by atoms with Crippen molar-refractivity contribution in [2.45, 2.75) is 52.6 Å². The van der Waals surface area contributed by atoms with E-state index in [9.17, 15) is 4.79 Å². The molecule has 0 aliphatic heterocycles. The van der Waals surface area contributed by atoms with Crippen molar-refractivity contribution in [3.8, 4) is 10.9 Å². The highest BCUT2D eigenvalue weighted by Gasteiger charge is 2.21. The number of hydrogen-bond donors (Lipinski definition) is 0. The van der Waals surface area contributed by atoms with Crippen molar-refractivity contribution in [2.75, 3.05) is 13.2 Å². The van der Waals surface area contributed by atoms with Crippen LogP contribution in [-0.2, 0) is 0 Å². The second-order valence-corrected chi connectivity index (χ2v) is 8.77. The first-order valence-corrected chi connectivity index (χ1v) is 11.3. The molecule has 0 bridgehead atoms. The highest BCUT2D eigenvalue weighted by Crippen LogP contribution is 2.27. The lowest BCUT2D eigenvalue weighted by Gasteiger charge is -2.30. The zero-order chi connectivity index (χ0) is 21.5. The van der Waals surface area contributed by atoms with Crippen molar-refractivity contribution >= 4 is 27.5 Å². The molecule has 0 fully saturated rings. The number of thiazole rings is 1. The van der Waals surface area contributed by atoms with E-state index in [0.717, 1.165) is 28.8 Å². The predicted molar refractivity (Wildman–Crippen MR) is 123 cm³/mol. The van der Waals surface area contributed by atoms with Gasteiger partial charge in [-0.05, 0) is 76.9 Å². The molecular formula is C24H30N2O3S. The van der Waals surface area contributed by atoms with Crippen molar-refractivity contribution in [3.63, 3.8) is 0 Å². The van der Waals surface area contributed by atoms with Gasteiger partial charge in [-0.2, -0.15) is 0 Å². The van der Waals surface area contributed by atoms with E-state index in [2.05, 4.69) is 11.1 Å². The topological polar surface area (TPSA) is 51.7 Å². The molecule has 0 saturated carbocycles. The Morgan fingerprint density at radius 3 is 2.20 bits per heavy atom. The van der Waals surface area contributed by atoms with E-state index < -0.39 is 0 Å². The Morgan fingerprint density at radius 1 is 0.933 bits per heavy atom. The first-order chi connectivity index (χ1) is 14.5. The molecule has 1 amide bonds. The fourth-order valence-corrected chi connectivity index (χ4v) is 4.21. The molecule has 0 N–H and O–H groups in total. The maximum Gasteiger partial charge on any atom is 0.274 e. The standard InChI is InChI=1S/C24H30N2O3S/c1-17(2)26(18(3)4)23(27)19-11-13-20(14-12-19)28-15-7-8-16-29-24-25-21-9-5-6-10-22(21)30-24/h5-6,9-14,17-18H,7-8,15-16H2,1-4H3. The lowest BCUT2D eigenvalue weighted by atomic mass is 10.1. The smallest absolute Gasteiger partial charge is 0.274 e. The molecule has 30 heavy (non-hydrogen) atoms. The van der Waals surface area contributed by atoms with E-state index in [1.807, 2.05) is 75.1 Å². The first-order valence-electron chi connectivity index (χ1n) is 10.5. The van der Waals surface area contributed by atoms with Crippen LogP contribution in [0.5, 0.6) is 10.9 Å². The molecule has 0 unspecified atom stereocenters. The third-order valence-corrected chi connectivity index (χ3v) is 5.70. The van der Waals surface area contributed by atoms with Crippen molar-refractivity contribution < 1.29 is 14.3 Å². The second-order valence-electron chi connectivity index (χ2n) is 7.78. The van der Waals surface area contributed by atoms with Gasteiger partial charge in [-0.15, -0.1) is 0 Å². The third-order valence-electron chi connectivity index (χ3n) is 4.76. The third kappa shape index (κ3) is 5.72. The molecule has 0 saturated heterocycles. The highest BCUT2D eigenvalue weighted by atomic mass is 32.1. The Labute approximate surface area is 182 Å². The van der Waals surface area contributed by atoms with E-state index in [4.69, 9.17) is 9.47 Å². The maximum absolute atomic E-state index is 12.7. The molecule has 160 valence electrons. The molecule has 0 spiro atoms. The maximum atomic E-state index is 12.7. The monoisotopic (exact) mass is 426 g/mol. The molecule has 5 nitrogen and oxygen atoms in total. The van der Waals surface area contributed by atoms with E-state index in [0.29, 0.717) is 24.0 Å². The largest absolute Gasteiger partial charge is 0.494 e. The summed E-state index contributed by atoms with van der Waals surface area (Å²) in [5.41, 5.74) is 1.67. The molecule has 1 heterocycles. The molecule has 3 aromatic rings. The van der Waals surface area contributed by atoms with Crippen LogP contribution >= 0.6 is 11.3 Å². The van der Waals surface area contributed by atoms with Crippen molar-refractivity contribution in [3.05, 3.63) is 54.1 Å². The van der Waals surface area contributed by atoms with Crippen LogP contribution < -0.4 is 9.47 Å². The van der Waals surface area contributed by atoms with Crippen LogP contribution in [0.25, 0.3) is 10.2 Å². The summed E-state index contributed by atoms with van der Waals surface area (Å²) in [6.07, 6.45) is 1.78. The normalized spacial score (nSPS) is 11.3. The number of rotatable bonds is 10. The summed E-state index contributed by atoms with van der Waals surface area (Å²) >= 11 is 1.57. The van der Waals surface area contributed by atoms with Gasteiger partial charge in [0.05, 0.1) is 23.4 Å². The summed E-state index contributed by atoms with van der Waals surface area (Å²) in [6.45, 7) is 9.38. The van der Waals surface area contributed by atoms with Gasteiger partial charge < -0.3 is 14.4 Å². The molecule has 6 heteroatoms. The SMILES string of the molecule is CC(C)N(C(=O)c1ccc(OCCCCOc2nc3ccccc3s2)cc1)C(C)C. The van der Waals surface area contributed by atoms with Crippen LogP contribution in [-0.4, -0.2) is 41.1 Å². The number of benzene rings is 2. The summed E-state index contributed by atoms with van der Waals surface area (Å²) in [6, 6.07) is 15.8. The molecule has 0 radical (unpaired) electrons. The molecule has 1 aromatic heterocycles. The predicted octanol–water partition coefficient (Wildman–Crippen LogP) is 5.79. The van der Waals surface area contributed by atoms with Gasteiger partial charge >= 0.3 is 0 Å². The lowest BCUT2D eigenvalue weighted by molar-refractivity contribution is 0.0643. The zero-order valence-corrected chi connectivity index (χ0v) is 18.9. The summed E-state index contributed by atoms with van der Waals surface area (Å²) in [4.78, 5) is 19.1. The first kappa shape index (κ1) is 22.1. The fourth-order valence-electron chi connectivity index (χ4n) is 3.37. The van der Waals surface area contributed by atoms with Crippen LogP contribution in [0.4, 0.5) is 0 Å². The molecule has 0 atom stereocenters. The Balaban J connectivity index is 1.39. The van der Waals surface area contributed by atoms with E-state index in [1.165, 1.54) is 0 Å². The molecular weight excluding hydrogens is 396 g/mol. The number of carbonyl (C=O) groups excluding carboxylic acids is 1. The number of ether oxygens (including phenoxy) is 2. The van der Waals surface area contributed by atoms with Gasteiger partial charge in [0.2, 0.25) is 0 Å². The van der Waals surface area contributed by atoms with Gasteiger partial charge in [0.15, 0.2) is 0 Å². The van der Waals surface area contributed by atoms with Crippen molar-refractivity contribution in [1.82, 2.24) is 9.88 Å². The van der Waals surface area contributed by atoms with E-state index in [1.54, 1.807) is 11.3 Å². The van der Waals surface area contributed by atoms with Crippen molar-refractivity contribution in [2.24, 2.45) is 0 Å². The van der Waals surface area contributed by atoms with Crippen molar-refractivity contribution in [1.29, 1.82) is 0 Å². The number of aromatic nitrogens is 1. The average molecular weight is 427 g/mol. The number of nitrogens with zero attached hydrogens (tertiary/aromatic N) is 2. The van der Waals surface area contributed by atoms with Gasteiger partial charge in [0.25, 0.3) is 11.1 Å². The number of para-hydroxylation sites is 1. The van der Waals surface area contributed by atoms with Gasteiger partial charge in [0, 0.05) is 17.6 Å². The van der Waals surface area contributed by atoms with E-state index in [-0.39, 0.29) is 18.0 Å². The van der Waals surface area contributed by atoms with Gasteiger partial charge in [-0.1, -0.05) is 23.5 Å². The summed E-state index contributed by atoms with van der Waals surface area (Å²) in [5, 5.41) is 0.717. The average Bonchev–Trinajstić information content (AvgIpc) is 3.13. The number of fused-ring (bicyclic) bond motifs is 1. The number of carbonyl (C=O) groups is 1. The number of hydrogen-bond acceptors (Lipinski definition) is 5. The van der Waals surface area contributed by atoms with Gasteiger partial charge in [-0.3, -0.25) is 4.79 Å². The fraction of sp³-hybridized carbons (Fsp3) is 0.417. The Morgan fingerprint density at radius 2 is 1.57 bits per heavy atom. The van der Waals surface area contributed by atoms with Crippen LogP contribution in [0.1, 0.15) is 50.9 Å². The minimum atomic E-state index is 0.0542. The second kappa shape index (κ2) is 10.4. The molecule has 3 rings (SSSR count). The molecule has 2 aromatic carbocycles. The van der Waals surface area contributed by atoms with E-state index >= 15 is 0 Å². The summed E-state index contributed by atoms with van der Waals surface area (Å²) < 4.78 is 12.7. The van der Waals surface area contributed by atoms with Crippen LogP contribution in [0.15, 0.2) is 48.5 Å². The van der Waals surface area contributed by atoms with Crippen LogP contribution in [0.3, 0.4) is 0 Å². The Hall–Kier alpha value is -2.60.